The number of rotatable bonds is 9. The van der Waals surface area contributed by atoms with Crippen molar-refractivity contribution in [3.8, 4) is 17.9 Å². The Kier molecular flexibility index (Phi) is 8.50. The van der Waals surface area contributed by atoms with Crippen molar-refractivity contribution in [2.45, 2.75) is 26.9 Å². The number of thiophene rings is 1. The number of esters is 1. The molecule has 35 heavy (non-hydrogen) atoms. The van der Waals surface area contributed by atoms with Gasteiger partial charge in [-0.2, -0.15) is 10.5 Å². The van der Waals surface area contributed by atoms with Gasteiger partial charge in [0.1, 0.15) is 35.2 Å². The molecular weight excluding hydrogens is 467 g/mol. The average molecular weight is 489 g/mol. The Morgan fingerprint density at radius 2 is 1.83 bits per heavy atom. The lowest BCUT2D eigenvalue weighted by Gasteiger charge is -2.10. The molecule has 0 bridgehead atoms. The van der Waals surface area contributed by atoms with Gasteiger partial charge in [-0.25, -0.2) is 9.18 Å². The predicted molar refractivity (Wildman–Crippen MR) is 129 cm³/mol. The molecule has 3 aromatic rings. The van der Waals surface area contributed by atoms with Crippen molar-refractivity contribution in [3.63, 3.8) is 0 Å². The van der Waals surface area contributed by atoms with Gasteiger partial charge in [-0.15, -0.1) is 11.3 Å². The van der Waals surface area contributed by atoms with E-state index in [0.29, 0.717) is 27.3 Å². The van der Waals surface area contributed by atoms with Crippen LogP contribution in [-0.2, 0) is 22.6 Å². The van der Waals surface area contributed by atoms with Gasteiger partial charge in [0, 0.05) is 22.4 Å². The smallest absolute Gasteiger partial charge is 0.348 e. The van der Waals surface area contributed by atoms with Gasteiger partial charge in [0.2, 0.25) is 0 Å². The molecule has 0 N–H and O–H groups in total. The number of ketones is 1. The summed E-state index contributed by atoms with van der Waals surface area (Å²) in [4.78, 5) is 25.8. The Labute approximate surface area is 206 Å². The normalized spacial score (nSPS) is 10.8. The molecule has 0 aliphatic rings. The molecule has 3 rings (SSSR count). The highest BCUT2D eigenvalue weighted by Crippen LogP contribution is 2.30. The largest absolute Gasteiger partial charge is 0.488 e. The second-order valence-corrected chi connectivity index (χ2v) is 8.48. The maximum atomic E-state index is 13.9. The summed E-state index contributed by atoms with van der Waals surface area (Å²) in [6, 6.07) is 17.0. The summed E-state index contributed by atoms with van der Waals surface area (Å²) in [7, 11) is 0. The molecule has 2 aromatic carbocycles. The standard InChI is InChI=1S/C27H21FN2O4S/c1-3-33-27(32)26-17(2)21(15-30)25(35-26)13-23(31)20(14-29)12-18-8-5-7-11-24(18)34-16-19-9-4-6-10-22(19)28/h4-12H,3,13,16H2,1-2H3/b20-12+. The van der Waals surface area contributed by atoms with E-state index < -0.39 is 17.6 Å². The maximum Gasteiger partial charge on any atom is 0.348 e. The van der Waals surface area contributed by atoms with Crippen LogP contribution in [0.5, 0.6) is 5.75 Å². The number of para-hydroxylation sites is 1. The Bertz CT molecular complexity index is 1380. The number of hydrogen-bond donors (Lipinski definition) is 0. The molecule has 6 nitrogen and oxygen atoms in total. The fourth-order valence-corrected chi connectivity index (χ4v) is 4.46. The van der Waals surface area contributed by atoms with Gasteiger partial charge in [0.25, 0.3) is 0 Å². The van der Waals surface area contributed by atoms with Crippen LogP contribution in [0.1, 0.15) is 43.7 Å². The van der Waals surface area contributed by atoms with Crippen molar-refractivity contribution in [2.75, 3.05) is 6.61 Å². The zero-order valence-electron chi connectivity index (χ0n) is 19.1. The third-order valence-electron chi connectivity index (χ3n) is 5.09. The van der Waals surface area contributed by atoms with Gasteiger partial charge in [0.05, 0.1) is 17.7 Å². The number of nitriles is 2. The van der Waals surface area contributed by atoms with Crippen LogP contribution in [0.4, 0.5) is 4.39 Å². The van der Waals surface area contributed by atoms with Crippen LogP contribution in [0.2, 0.25) is 0 Å². The van der Waals surface area contributed by atoms with E-state index in [0.717, 1.165) is 11.3 Å². The molecular formula is C27H21FN2O4S. The Balaban J connectivity index is 1.85. The minimum Gasteiger partial charge on any atom is -0.488 e. The summed E-state index contributed by atoms with van der Waals surface area (Å²) in [5.74, 6) is -1.08. The highest BCUT2D eigenvalue weighted by atomic mass is 32.1. The molecule has 0 saturated carbocycles. The van der Waals surface area contributed by atoms with Crippen molar-refractivity contribution >= 4 is 29.2 Å². The second-order valence-electron chi connectivity index (χ2n) is 7.37. The first-order valence-electron chi connectivity index (χ1n) is 10.7. The third kappa shape index (κ3) is 6.00. The topological polar surface area (TPSA) is 100 Å². The molecule has 8 heteroatoms. The van der Waals surface area contributed by atoms with Crippen LogP contribution < -0.4 is 4.74 Å². The van der Waals surface area contributed by atoms with Gasteiger partial charge in [-0.1, -0.05) is 36.4 Å². The number of allylic oxidation sites excluding steroid dienone is 1. The summed E-state index contributed by atoms with van der Waals surface area (Å²) >= 11 is 1.02. The molecule has 0 aliphatic carbocycles. The first-order chi connectivity index (χ1) is 16.9. The van der Waals surface area contributed by atoms with Crippen molar-refractivity contribution in [1.29, 1.82) is 10.5 Å². The summed E-state index contributed by atoms with van der Waals surface area (Å²) in [6.45, 7) is 3.47. The number of carbonyl (C=O) groups is 2. The van der Waals surface area contributed by atoms with Crippen molar-refractivity contribution in [1.82, 2.24) is 0 Å². The molecule has 0 spiro atoms. The Morgan fingerprint density at radius 1 is 1.11 bits per heavy atom. The fourth-order valence-electron chi connectivity index (χ4n) is 3.31. The molecule has 1 aromatic heterocycles. The van der Waals surface area contributed by atoms with Crippen LogP contribution in [0.15, 0.2) is 54.1 Å². The first kappa shape index (κ1) is 25.4. The lowest BCUT2D eigenvalue weighted by Crippen LogP contribution is -2.06. The second kappa shape index (κ2) is 11.7. The van der Waals surface area contributed by atoms with Crippen LogP contribution in [0, 0.1) is 35.4 Å². The molecule has 1 heterocycles. The van der Waals surface area contributed by atoms with Gasteiger partial charge < -0.3 is 9.47 Å². The monoisotopic (exact) mass is 488 g/mol. The van der Waals surface area contributed by atoms with Gasteiger partial charge >= 0.3 is 5.97 Å². The molecule has 0 aliphatic heterocycles. The molecule has 0 fully saturated rings. The molecule has 0 amide bonds. The maximum absolute atomic E-state index is 13.9. The summed E-state index contributed by atoms with van der Waals surface area (Å²) in [5, 5.41) is 19.2. The van der Waals surface area contributed by atoms with Crippen LogP contribution >= 0.6 is 11.3 Å². The highest BCUT2D eigenvalue weighted by molar-refractivity contribution is 7.14. The van der Waals surface area contributed by atoms with E-state index in [9.17, 15) is 24.5 Å². The van der Waals surface area contributed by atoms with E-state index in [4.69, 9.17) is 9.47 Å². The molecule has 0 radical (unpaired) electrons. The van der Waals surface area contributed by atoms with Gasteiger partial charge in [-0.05, 0) is 37.6 Å². The van der Waals surface area contributed by atoms with Crippen LogP contribution in [0.25, 0.3) is 6.08 Å². The number of carbonyl (C=O) groups excluding carboxylic acids is 2. The third-order valence-corrected chi connectivity index (χ3v) is 6.37. The van der Waals surface area contributed by atoms with E-state index in [1.165, 1.54) is 12.1 Å². The molecule has 0 atom stereocenters. The quantitative estimate of drug-likeness (QED) is 0.223. The molecule has 0 saturated heterocycles. The van der Waals surface area contributed by atoms with Gasteiger partial charge in [-0.3, -0.25) is 4.79 Å². The van der Waals surface area contributed by atoms with Crippen molar-refractivity contribution in [3.05, 3.63) is 91.9 Å². The Hall–Kier alpha value is -4.27. The van der Waals surface area contributed by atoms with E-state index in [2.05, 4.69) is 0 Å². The summed E-state index contributed by atoms with van der Waals surface area (Å²) in [5.41, 5.74) is 1.39. The van der Waals surface area contributed by atoms with E-state index in [1.54, 1.807) is 56.3 Å². The van der Waals surface area contributed by atoms with E-state index in [-0.39, 0.29) is 35.6 Å². The van der Waals surface area contributed by atoms with Gasteiger partial charge in [0.15, 0.2) is 5.78 Å². The summed E-state index contributed by atoms with van der Waals surface area (Å²) < 4.78 is 24.7. The van der Waals surface area contributed by atoms with Crippen molar-refractivity contribution in [2.24, 2.45) is 0 Å². The number of halogens is 1. The van der Waals surface area contributed by atoms with Crippen LogP contribution in [0.3, 0.4) is 0 Å². The lowest BCUT2D eigenvalue weighted by molar-refractivity contribution is -0.114. The van der Waals surface area contributed by atoms with Crippen LogP contribution in [-0.4, -0.2) is 18.4 Å². The zero-order chi connectivity index (χ0) is 25.4. The van der Waals surface area contributed by atoms with E-state index in [1.807, 2.05) is 12.1 Å². The number of Topliss-reactive ketones (excluding diaryl/α,β-unsaturated/α-hetero) is 1. The average Bonchev–Trinajstić information content (AvgIpc) is 3.17. The summed E-state index contributed by atoms with van der Waals surface area (Å²) in [6.07, 6.45) is 1.18. The Morgan fingerprint density at radius 3 is 2.51 bits per heavy atom. The van der Waals surface area contributed by atoms with E-state index >= 15 is 0 Å². The SMILES string of the molecule is CCOC(=O)c1sc(CC(=O)/C(C#N)=C/c2ccccc2OCc2ccccc2F)c(C#N)c1C. The number of benzene rings is 2. The fraction of sp³-hybridized carbons (Fsp3) is 0.185. The lowest BCUT2D eigenvalue weighted by atomic mass is 10.0. The molecule has 176 valence electrons. The number of ether oxygens (including phenoxy) is 2. The highest BCUT2D eigenvalue weighted by Gasteiger charge is 2.23. The number of nitrogens with zero attached hydrogens (tertiary/aromatic N) is 2. The first-order valence-corrected chi connectivity index (χ1v) is 11.5. The number of hydrogen-bond acceptors (Lipinski definition) is 7. The minimum atomic E-state index is -0.554. The zero-order valence-corrected chi connectivity index (χ0v) is 19.9. The van der Waals surface area contributed by atoms with Crippen molar-refractivity contribution < 1.29 is 23.5 Å². The molecule has 0 unspecified atom stereocenters. The predicted octanol–water partition coefficient (Wildman–Crippen LogP) is 5.54. The minimum absolute atomic E-state index is 0.0238.